The maximum absolute atomic E-state index is 14.8. The van der Waals surface area contributed by atoms with Gasteiger partial charge in [-0.3, -0.25) is 14.8 Å². The average Bonchev–Trinajstić information content (AvgIpc) is 3.03. The van der Waals surface area contributed by atoms with E-state index in [1.807, 2.05) is 6.92 Å². The van der Waals surface area contributed by atoms with Gasteiger partial charge in [-0.1, -0.05) is 0 Å². The minimum Gasteiger partial charge on any atom is -0.379 e. The predicted octanol–water partition coefficient (Wildman–Crippen LogP) is 2.50. The Kier molecular flexibility index (Phi) is 4.45. The van der Waals surface area contributed by atoms with Crippen LogP contribution in [0, 0.1) is 18.2 Å². The molecule has 1 aliphatic heterocycles. The van der Waals surface area contributed by atoms with Crippen LogP contribution in [0.3, 0.4) is 0 Å². The van der Waals surface area contributed by atoms with Crippen molar-refractivity contribution >= 4 is 17.6 Å². The van der Waals surface area contributed by atoms with Crippen LogP contribution < -0.4 is 11.1 Å². The molecule has 0 fully saturated rings. The van der Waals surface area contributed by atoms with Crippen LogP contribution in [-0.4, -0.2) is 34.0 Å². The van der Waals surface area contributed by atoms with Crippen LogP contribution >= 0.6 is 0 Å². The molecule has 27 heavy (non-hydrogen) atoms. The molecule has 1 aliphatic rings. The lowest BCUT2D eigenvalue weighted by molar-refractivity contribution is -0.140. The summed E-state index contributed by atoms with van der Waals surface area (Å²) >= 11 is 0. The molecule has 1 aromatic heterocycles. The first-order valence-corrected chi connectivity index (χ1v) is 8.74. The van der Waals surface area contributed by atoms with Crippen molar-refractivity contribution in [2.24, 2.45) is 16.1 Å². The number of benzene rings is 1. The zero-order valence-corrected chi connectivity index (χ0v) is 16.2. The van der Waals surface area contributed by atoms with Crippen LogP contribution in [0.15, 0.2) is 29.4 Å². The van der Waals surface area contributed by atoms with E-state index in [4.69, 9.17) is 5.73 Å². The number of aromatic amines is 1. The molecule has 0 spiro atoms. The predicted molar refractivity (Wildman–Crippen MR) is 103 cm³/mol. The van der Waals surface area contributed by atoms with E-state index in [9.17, 15) is 9.18 Å². The van der Waals surface area contributed by atoms with Gasteiger partial charge in [0, 0.05) is 18.3 Å². The first kappa shape index (κ1) is 18.9. The third-order valence-corrected chi connectivity index (χ3v) is 5.63. The highest BCUT2D eigenvalue weighted by Gasteiger charge is 2.53. The fourth-order valence-electron chi connectivity index (χ4n) is 3.32. The lowest BCUT2D eigenvalue weighted by atomic mass is 9.67. The molecule has 0 radical (unpaired) electrons. The Balaban J connectivity index is 2.00. The van der Waals surface area contributed by atoms with Crippen LogP contribution in [0.5, 0.6) is 0 Å². The summed E-state index contributed by atoms with van der Waals surface area (Å²) < 4.78 is 14.8. The van der Waals surface area contributed by atoms with E-state index < -0.39 is 16.8 Å². The van der Waals surface area contributed by atoms with E-state index in [1.54, 1.807) is 46.1 Å². The van der Waals surface area contributed by atoms with Crippen LogP contribution in [-0.2, 0) is 16.9 Å². The van der Waals surface area contributed by atoms with Crippen molar-refractivity contribution in [3.63, 3.8) is 0 Å². The molecule has 4 N–H and O–H groups in total. The topological polar surface area (TPSA) is 99.4 Å². The van der Waals surface area contributed by atoms with Gasteiger partial charge in [0.25, 0.3) is 0 Å². The van der Waals surface area contributed by atoms with Crippen LogP contribution in [0.25, 0.3) is 0 Å². The third-order valence-electron chi connectivity index (χ3n) is 5.63. The summed E-state index contributed by atoms with van der Waals surface area (Å²) in [6.45, 7) is 7.74. The molecule has 7 nitrogen and oxygen atoms in total. The number of carbonyl (C=O) groups excluding carboxylic acids is 1. The van der Waals surface area contributed by atoms with Crippen LogP contribution in [0.1, 0.15) is 37.6 Å². The zero-order valence-electron chi connectivity index (χ0n) is 16.2. The van der Waals surface area contributed by atoms with Gasteiger partial charge in [-0.15, -0.1) is 0 Å². The van der Waals surface area contributed by atoms with E-state index >= 15 is 0 Å². The van der Waals surface area contributed by atoms with Gasteiger partial charge in [-0.2, -0.15) is 5.10 Å². The SMILES string of the molecule is Cc1cn[nH]c1CNc1ccc(F)c([C@@]2(C)N=C(N)N(C)C(=O)C2(C)C)c1. The number of guanidine groups is 1. The molecule has 144 valence electrons. The number of rotatable bonds is 4. The summed E-state index contributed by atoms with van der Waals surface area (Å²) in [7, 11) is 1.57. The Morgan fingerprint density at radius 1 is 1.33 bits per heavy atom. The normalized spacial score (nSPS) is 21.9. The van der Waals surface area contributed by atoms with E-state index in [-0.39, 0.29) is 11.9 Å². The average molecular weight is 372 g/mol. The van der Waals surface area contributed by atoms with Crippen molar-refractivity contribution < 1.29 is 9.18 Å². The number of hydrogen-bond donors (Lipinski definition) is 3. The van der Waals surface area contributed by atoms with Crippen LogP contribution in [0.4, 0.5) is 10.1 Å². The van der Waals surface area contributed by atoms with Gasteiger partial charge in [0.05, 0.1) is 23.9 Å². The molecule has 0 unspecified atom stereocenters. The van der Waals surface area contributed by atoms with Crippen molar-refractivity contribution in [2.75, 3.05) is 12.4 Å². The van der Waals surface area contributed by atoms with Gasteiger partial charge >= 0.3 is 0 Å². The summed E-state index contributed by atoms with van der Waals surface area (Å²) in [5, 5.41) is 10.2. The second-order valence-electron chi connectivity index (χ2n) is 7.61. The maximum Gasteiger partial charge on any atom is 0.237 e. The molecule has 2 heterocycles. The number of nitrogens with two attached hydrogens (primary N) is 1. The molecule has 0 bridgehead atoms. The van der Waals surface area contributed by atoms with Crippen LogP contribution in [0.2, 0.25) is 0 Å². The highest BCUT2D eigenvalue weighted by Crippen LogP contribution is 2.47. The first-order chi connectivity index (χ1) is 12.6. The molecule has 0 saturated heterocycles. The Bertz CT molecular complexity index is 919. The van der Waals surface area contributed by atoms with Gasteiger partial charge < -0.3 is 11.1 Å². The fraction of sp³-hybridized carbons (Fsp3) is 0.421. The fourth-order valence-corrected chi connectivity index (χ4v) is 3.32. The lowest BCUT2D eigenvalue weighted by Gasteiger charge is -2.46. The summed E-state index contributed by atoms with van der Waals surface area (Å²) in [6.07, 6.45) is 1.75. The highest BCUT2D eigenvalue weighted by molar-refractivity contribution is 6.01. The summed E-state index contributed by atoms with van der Waals surface area (Å²) in [5.74, 6) is -0.557. The molecule has 3 rings (SSSR count). The number of nitrogens with zero attached hydrogens (tertiary/aromatic N) is 3. The molecule has 8 heteroatoms. The molecule has 0 aliphatic carbocycles. The molecule has 0 saturated carbocycles. The number of aromatic nitrogens is 2. The molecular formula is C19H25FN6O. The number of halogens is 1. The Morgan fingerprint density at radius 2 is 2.04 bits per heavy atom. The number of anilines is 1. The van der Waals surface area contributed by atoms with Crippen molar-refractivity contribution in [1.29, 1.82) is 0 Å². The number of H-pyrrole nitrogens is 1. The first-order valence-electron chi connectivity index (χ1n) is 8.74. The van der Waals surface area contributed by atoms with E-state index in [1.165, 1.54) is 11.0 Å². The van der Waals surface area contributed by atoms with Gasteiger partial charge in [-0.25, -0.2) is 9.38 Å². The number of aryl methyl sites for hydroxylation is 1. The van der Waals surface area contributed by atoms with Crippen molar-refractivity contribution in [3.8, 4) is 0 Å². The minimum atomic E-state index is -1.13. The zero-order chi connectivity index (χ0) is 20.0. The van der Waals surface area contributed by atoms with Crippen molar-refractivity contribution in [2.45, 2.75) is 39.8 Å². The number of carbonyl (C=O) groups is 1. The number of amides is 1. The standard InChI is InChI=1S/C19H25FN6O/c1-11-9-23-25-15(11)10-22-12-6-7-14(20)13(8-12)19(4)18(2,3)16(27)26(5)17(21)24-19/h6-9,22H,10H2,1-5H3,(H2,21,24)(H,23,25)/t19-/m1/s1. The Morgan fingerprint density at radius 3 is 2.67 bits per heavy atom. The molecule has 1 atom stereocenters. The number of nitrogens with one attached hydrogen (secondary N) is 2. The maximum atomic E-state index is 14.8. The van der Waals surface area contributed by atoms with Gasteiger partial charge in [0.15, 0.2) is 5.96 Å². The summed E-state index contributed by atoms with van der Waals surface area (Å²) in [6, 6.07) is 4.73. The van der Waals surface area contributed by atoms with E-state index in [0.717, 1.165) is 16.9 Å². The Labute approximate surface area is 157 Å². The highest BCUT2D eigenvalue weighted by atomic mass is 19.1. The van der Waals surface area contributed by atoms with E-state index in [0.29, 0.717) is 12.1 Å². The summed E-state index contributed by atoms with van der Waals surface area (Å²) in [4.78, 5) is 18.6. The van der Waals surface area contributed by atoms with Gasteiger partial charge in [0.1, 0.15) is 11.4 Å². The van der Waals surface area contributed by atoms with Gasteiger partial charge in [-0.05, 0) is 51.5 Å². The molecule has 1 aromatic carbocycles. The lowest BCUT2D eigenvalue weighted by Crippen LogP contribution is -2.58. The molecule has 1 amide bonds. The Hall–Kier alpha value is -2.90. The van der Waals surface area contributed by atoms with E-state index in [2.05, 4.69) is 20.5 Å². The second kappa shape index (κ2) is 6.37. The van der Waals surface area contributed by atoms with Crippen molar-refractivity contribution in [3.05, 3.63) is 47.0 Å². The molecular weight excluding hydrogens is 347 g/mol. The second-order valence-corrected chi connectivity index (χ2v) is 7.61. The van der Waals surface area contributed by atoms with Gasteiger partial charge in [0.2, 0.25) is 5.91 Å². The minimum absolute atomic E-state index is 0.0765. The largest absolute Gasteiger partial charge is 0.379 e. The summed E-state index contributed by atoms with van der Waals surface area (Å²) in [5.41, 5.74) is 6.86. The number of hydrogen-bond acceptors (Lipinski definition) is 5. The quantitative estimate of drug-likeness (QED) is 0.768. The molecule has 2 aromatic rings. The smallest absolute Gasteiger partial charge is 0.237 e. The van der Waals surface area contributed by atoms with Crippen molar-refractivity contribution in [1.82, 2.24) is 15.1 Å². The monoisotopic (exact) mass is 372 g/mol. The third kappa shape index (κ3) is 2.94. The number of aliphatic imine (C=N–C) groups is 1.